The van der Waals surface area contributed by atoms with Crippen molar-refractivity contribution in [1.29, 1.82) is 0 Å². The third-order valence-corrected chi connectivity index (χ3v) is 2.33. The molecule has 1 aromatic heterocycles. The maximum atomic E-state index is 10.1. The van der Waals surface area contributed by atoms with E-state index in [4.69, 9.17) is 4.74 Å². The molecule has 0 radical (unpaired) electrons. The van der Waals surface area contributed by atoms with Crippen molar-refractivity contribution in [3.63, 3.8) is 0 Å². The molecule has 1 aromatic carbocycles. The Morgan fingerprint density at radius 1 is 1.43 bits per heavy atom. The Morgan fingerprint density at radius 3 is 3.07 bits per heavy atom. The topological polar surface area (TPSA) is 42.1 Å². The lowest BCUT2D eigenvalue weighted by atomic mass is 10.1. The molecule has 0 saturated heterocycles. The molecule has 72 valence electrons. The minimum Gasteiger partial charge on any atom is -0.463 e. The van der Waals surface area contributed by atoms with Crippen LogP contribution in [0.25, 0.3) is 10.9 Å². The van der Waals surface area contributed by atoms with Crippen LogP contribution in [-0.2, 0) is 16.1 Å². The van der Waals surface area contributed by atoms with Crippen molar-refractivity contribution < 1.29 is 9.53 Å². The van der Waals surface area contributed by atoms with Gasteiger partial charge in [-0.25, -0.2) is 0 Å². The van der Waals surface area contributed by atoms with Crippen LogP contribution in [0.1, 0.15) is 11.1 Å². The zero-order chi connectivity index (χ0) is 9.97. The normalized spacial score (nSPS) is 10.4. The van der Waals surface area contributed by atoms with Crippen LogP contribution in [0.4, 0.5) is 0 Å². The van der Waals surface area contributed by atoms with Crippen LogP contribution in [0.2, 0.25) is 0 Å². The van der Waals surface area contributed by atoms with Gasteiger partial charge in [0.05, 0.1) is 0 Å². The Bertz CT molecular complexity index is 459. The molecule has 0 unspecified atom stereocenters. The Kier molecular flexibility index (Phi) is 2.23. The summed E-state index contributed by atoms with van der Waals surface area (Å²) in [5.74, 6) is 0. The molecular weight excluding hydrogens is 178 g/mol. The van der Waals surface area contributed by atoms with Crippen LogP contribution in [-0.4, -0.2) is 11.5 Å². The average Bonchev–Trinajstić information content (AvgIpc) is 2.66. The number of fused-ring (bicyclic) bond motifs is 1. The number of benzene rings is 1. The summed E-state index contributed by atoms with van der Waals surface area (Å²) in [6.07, 6.45) is 1.89. The molecule has 0 atom stereocenters. The molecule has 0 fully saturated rings. The van der Waals surface area contributed by atoms with Crippen LogP contribution in [0.5, 0.6) is 0 Å². The van der Waals surface area contributed by atoms with E-state index >= 15 is 0 Å². The van der Waals surface area contributed by atoms with Gasteiger partial charge >= 0.3 is 0 Å². The summed E-state index contributed by atoms with van der Waals surface area (Å²) in [6.45, 7) is 2.85. The Hall–Kier alpha value is -1.77. The highest BCUT2D eigenvalue weighted by Crippen LogP contribution is 2.21. The number of aromatic amines is 1. The van der Waals surface area contributed by atoms with Crippen molar-refractivity contribution in [2.75, 3.05) is 0 Å². The fourth-order valence-electron chi connectivity index (χ4n) is 1.61. The molecule has 1 heterocycles. The summed E-state index contributed by atoms with van der Waals surface area (Å²) < 4.78 is 4.74. The molecule has 0 aliphatic rings. The van der Waals surface area contributed by atoms with Crippen molar-refractivity contribution >= 4 is 17.4 Å². The summed E-state index contributed by atoms with van der Waals surface area (Å²) in [7, 11) is 0. The number of aromatic nitrogens is 1. The summed E-state index contributed by atoms with van der Waals surface area (Å²) in [5.41, 5.74) is 3.33. The number of carbonyl (C=O) groups is 1. The second kappa shape index (κ2) is 3.54. The van der Waals surface area contributed by atoms with Crippen molar-refractivity contribution in [3.8, 4) is 0 Å². The molecule has 0 amide bonds. The van der Waals surface area contributed by atoms with E-state index in [1.807, 2.05) is 31.3 Å². The van der Waals surface area contributed by atoms with Gasteiger partial charge in [-0.2, -0.15) is 0 Å². The fraction of sp³-hybridized carbons (Fsp3) is 0.182. The Morgan fingerprint density at radius 2 is 2.29 bits per heavy atom. The standard InChI is InChI=1S/C11H11NO2/c1-8-2-3-9(6-14-7-13)10-4-5-12-11(8)10/h2-5,7,12H,6H2,1H3. The number of carbonyl (C=O) groups excluding carboxylic acids is 1. The van der Waals surface area contributed by atoms with E-state index in [2.05, 4.69) is 4.98 Å². The summed E-state index contributed by atoms with van der Waals surface area (Å²) >= 11 is 0. The third kappa shape index (κ3) is 1.37. The van der Waals surface area contributed by atoms with Gasteiger partial charge in [0.25, 0.3) is 6.47 Å². The second-order valence-electron chi connectivity index (χ2n) is 3.22. The maximum Gasteiger partial charge on any atom is 0.293 e. The fourth-order valence-corrected chi connectivity index (χ4v) is 1.61. The minimum absolute atomic E-state index is 0.331. The van der Waals surface area contributed by atoms with E-state index in [0.29, 0.717) is 13.1 Å². The Labute approximate surface area is 81.7 Å². The van der Waals surface area contributed by atoms with E-state index in [-0.39, 0.29) is 0 Å². The van der Waals surface area contributed by atoms with Gasteiger partial charge < -0.3 is 9.72 Å². The van der Waals surface area contributed by atoms with Crippen LogP contribution in [0.15, 0.2) is 24.4 Å². The number of hydrogen-bond donors (Lipinski definition) is 1. The number of ether oxygens (including phenoxy) is 1. The molecule has 2 aromatic rings. The maximum absolute atomic E-state index is 10.1. The summed E-state index contributed by atoms with van der Waals surface area (Å²) in [5, 5.41) is 1.12. The predicted molar refractivity (Wildman–Crippen MR) is 53.9 cm³/mol. The molecule has 3 heteroatoms. The predicted octanol–water partition coefficient (Wildman–Crippen LogP) is 2.15. The van der Waals surface area contributed by atoms with Crippen molar-refractivity contribution in [1.82, 2.24) is 4.98 Å². The number of nitrogens with one attached hydrogen (secondary N) is 1. The number of hydrogen-bond acceptors (Lipinski definition) is 2. The lowest BCUT2D eigenvalue weighted by Crippen LogP contribution is -1.91. The number of H-pyrrole nitrogens is 1. The number of aryl methyl sites for hydroxylation is 1. The van der Waals surface area contributed by atoms with Gasteiger partial charge in [0.15, 0.2) is 0 Å². The zero-order valence-electron chi connectivity index (χ0n) is 7.91. The molecule has 0 aliphatic carbocycles. The molecule has 0 saturated carbocycles. The lowest BCUT2D eigenvalue weighted by Gasteiger charge is -2.03. The third-order valence-electron chi connectivity index (χ3n) is 2.33. The molecule has 0 bridgehead atoms. The van der Waals surface area contributed by atoms with Gasteiger partial charge in [-0.05, 0) is 24.1 Å². The largest absolute Gasteiger partial charge is 0.463 e. The first-order chi connectivity index (χ1) is 6.83. The summed E-state index contributed by atoms with van der Waals surface area (Å²) in [6, 6.07) is 5.99. The van der Waals surface area contributed by atoms with Gasteiger partial charge in [0, 0.05) is 17.1 Å². The van der Waals surface area contributed by atoms with E-state index in [0.717, 1.165) is 16.5 Å². The highest BCUT2D eigenvalue weighted by molar-refractivity contribution is 5.85. The van der Waals surface area contributed by atoms with Gasteiger partial charge in [0.2, 0.25) is 0 Å². The van der Waals surface area contributed by atoms with E-state index in [1.54, 1.807) is 0 Å². The lowest BCUT2D eigenvalue weighted by molar-refractivity contribution is -0.129. The Balaban J connectivity index is 2.49. The number of rotatable bonds is 3. The van der Waals surface area contributed by atoms with Gasteiger partial charge in [-0.3, -0.25) is 4.79 Å². The molecule has 0 aliphatic heterocycles. The van der Waals surface area contributed by atoms with Crippen LogP contribution < -0.4 is 0 Å². The molecule has 0 spiro atoms. The zero-order valence-corrected chi connectivity index (χ0v) is 7.91. The van der Waals surface area contributed by atoms with Crippen molar-refractivity contribution in [3.05, 3.63) is 35.5 Å². The smallest absolute Gasteiger partial charge is 0.293 e. The first-order valence-corrected chi connectivity index (χ1v) is 4.44. The first kappa shape index (κ1) is 8.81. The molecule has 14 heavy (non-hydrogen) atoms. The van der Waals surface area contributed by atoms with Gasteiger partial charge in [0.1, 0.15) is 6.61 Å². The molecule has 1 N–H and O–H groups in total. The van der Waals surface area contributed by atoms with Crippen molar-refractivity contribution in [2.45, 2.75) is 13.5 Å². The van der Waals surface area contributed by atoms with Crippen LogP contribution >= 0.6 is 0 Å². The van der Waals surface area contributed by atoms with E-state index in [9.17, 15) is 4.79 Å². The van der Waals surface area contributed by atoms with Gasteiger partial charge in [-0.15, -0.1) is 0 Å². The first-order valence-electron chi connectivity index (χ1n) is 4.44. The minimum atomic E-state index is 0.331. The van der Waals surface area contributed by atoms with Crippen molar-refractivity contribution in [2.24, 2.45) is 0 Å². The van der Waals surface area contributed by atoms with E-state index < -0.39 is 0 Å². The monoisotopic (exact) mass is 189 g/mol. The second-order valence-corrected chi connectivity index (χ2v) is 3.22. The molecule has 3 nitrogen and oxygen atoms in total. The molecule has 2 rings (SSSR count). The van der Waals surface area contributed by atoms with Crippen LogP contribution in [0.3, 0.4) is 0 Å². The molecular formula is C11H11NO2. The quantitative estimate of drug-likeness (QED) is 0.751. The van der Waals surface area contributed by atoms with Gasteiger partial charge in [-0.1, -0.05) is 12.1 Å². The summed E-state index contributed by atoms with van der Waals surface area (Å²) in [4.78, 5) is 13.3. The SMILES string of the molecule is Cc1ccc(COC=O)c2cc[nH]c12. The average molecular weight is 189 g/mol. The van der Waals surface area contributed by atoms with Crippen LogP contribution in [0, 0.1) is 6.92 Å². The van der Waals surface area contributed by atoms with E-state index in [1.165, 1.54) is 5.56 Å². The highest BCUT2D eigenvalue weighted by atomic mass is 16.5. The highest BCUT2D eigenvalue weighted by Gasteiger charge is 2.03.